The molecule has 0 saturated carbocycles. The third-order valence-electron chi connectivity index (χ3n) is 3.48. The Morgan fingerprint density at radius 3 is 2.67 bits per heavy atom. The number of nitrogens with zero attached hydrogens (tertiary/aromatic N) is 3. The second-order valence-electron chi connectivity index (χ2n) is 5.60. The van der Waals surface area contributed by atoms with Gasteiger partial charge in [0.05, 0.1) is 12.2 Å². The molecule has 0 aliphatic heterocycles. The second kappa shape index (κ2) is 7.69. The third-order valence-corrected chi connectivity index (χ3v) is 3.48. The minimum atomic E-state index is -0.843. The number of carbonyl (C=O) groups excluding carboxylic acids is 2. The summed E-state index contributed by atoms with van der Waals surface area (Å²) >= 11 is 0. The lowest BCUT2D eigenvalue weighted by molar-refractivity contribution is -0.136. The van der Waals surface area contributed by atoms with Gasteiger partial charge in [0.2, 0.25) is 0 Å². The van der Waals surface area contributed by atoms with E-state index in [0.717, 1.165) is 11.6 Å². The number of anilines is 1. The number of hydrogen-bond acceptors (Lipinski definition) is 4. The van der Waals surface area contributed by atoms with Gasteiger partial charge in [0, 0.05) is 31.0 Å². The van der Waals surface area contributed by atoms with E-state index < -0.39 is 17.6 Å². The van der Waals surface area contributed by atoms with Crippen LogP contribution in [-0.4, -0.2) is 47.1 Å². The summed E-state index contributed by atoms with van der Waals surface area (Å²) < 4.78 is 14.8. The van der Waals surface area contributed by atoms with Crippen molar-refractivity contribution in [2.75, 3.05) is 26.0 Å². The molecular formula is C16H20FN5O2. The molecule has 7 nitrogen and oxygen atoms in total. The molecule has 0 fully saturated rings. The van der Waals surface area contributed by atoms with E-state index in [2.05, 4.69) is 15.7 Å². The number of benzene rings is 1. The first-order valence-electron chi connectivity index (χ1n) is 7.36. The minimum absolute atomic E-state index is 0.121. The van der Waals surface area contributed by atoms with Crippen molar-refractivity contribution >= 4 is 17.5 Å². The molecule has 2 aromatic rings. The number of carbonyl (C=O) groups is 2. The molecule has 1 aromatic heterocycles. The minimum Gasteiger partial charge on any atom is -0.346 e. The molecule has 1 atom stereocenters. The Morgan fingerprint density at radius 2 is 2.08 bits per heavy atom. The number of aromatic nitrogens is 2. The van der Waals surface area contributed by atoms with Gasteiger partial charge in [0.15, 0.2) is 0 Å². The van der Waals surface area contributed by atoms with E-state index in [4.69, 9.17) is 0 Å². The molecule has 24 heavy (non-hydrogen) atoms. The van der Waals surface area contributed by atoms with Crippen LogP contribution in [0.15, 0.2) is 36.7 Å². The standard InChI is InChI=1S/C16H20FN5O2/c1-21(2)14(11-8-19-22(3)10-11)9-18-15(23)16(24)20-13-6-4-5-12(17)7-13/h4-8,10,14H,9H2,1-3H3,(H,18,23)(H,20,24)/t14-/m0/s1. The summed E-state index contributed by atoms with van der Waals surface area (Å²) in [5, 5.41) is 9.05. The van der Waals surface area contributed by atoms with Gasteiger partial charge in [0.25, 0.3) is 0 Å². The van der Waals surface area contributed by atoms with Gasteiger partial charge in [-0.15, -0.1) is 0 Å². The number of likely N-dealkylation sites (N-methyl/N-ethyl adjacent to an activating group) is 1. The summed E-state index contributed by atoms with van der Waals surface area (Å²) in [6.07, 6.45) is 3.56. The van der Waals surface area contributed by atoms with Crippen molar-refractivity contribution < 1.29 is 14.0 Å². The van der Waals surface area contributed by atoms with Crippen LogP contribution in [0.2, 0.25) is 0 Å². The fourth-order valence-corrected chi connectivity index (χ4v) is 2.23. The first-order valence-corrected chi connectivity index (χ1v) is 7.36. The van der Waals surface area contributed by atoms with Gasteiger partial charge in [-0.05, 0) is 32.3 Å². The van der Waals surface area contributed by atoms with Gasteiger partial charge in [-0.1, -0.05) is 6.07 Å². The monoisotopic (exact) mass is 333 g/mol. The van der Waals surface area contributed by atoms with Gasteiger partial charge >= 0.3 is 11.8 Å². The summed E-state index contributed by atoms with van der Waals surface area (Å²) in [5.41, 5.74) is 1.15. The molecule has 0 radical (unpaired) electrons. The molecule has 0 spiro atoms. The van der Waals surface area contributed by atoms with E-state index in [0.29, 0.717) is 0 Å². The second-order valence-corrected chi connectivity index (χ2v) is 5.60. The van der Waals surface area contributed by atoms with Crippen molar-refractivity contribution in [2.24, 2.45) is 7.05 Å². The predicted molar refractivity (Wildman–Crippen MR) is 87.7 cm³/mol. The molecule has 2 rings (SSSR count). The Bertz CT molecular complexity index is 729. The zero-order valence-electron chi connectivity index (χ0n) is 13.8. The number of aryl methyl sites for hydroxylation is 1. The lowest BCUT2D eigenvalue weighted by atomic mass is 10.1. The molecule has 1 heterocycles. The molecular weight excluding hydrogens is 313 g/mol. The summed E-state index contributed by atoms with van der Waals surface area (Å²) in [6, 6.07) is 5.24. The van der Waals surface area contributed by atoms with E-state index in [9.17, 15) is 14.0 Å². The number of amides is 2. The van der Waals surface area contributed by atoms with Crippen molar-refractivity contribution in [2.45, 2.75) is 6.04 Å². The summed E-state index contributed by atoms with van der Waals surface area (Å²) in [6.45, 7) is 0.244. The van der Waals surface area contributed by atoms with Gasteiger partial charge in [-0.25, -0.2) is 4.39 Å². The van der Waals surface area contributed by atoms with Crippen LogP contribution in [0.25, 0.3) is 0 Å². The van der Waals surface area contributed by atoms with Crippen LogP contribution in [0.4, 0.5) is 10.1 Å². The average molecular weight is 333 g/mol. The lowest BCUT2D eigenvalue weighted by Gasteiger charge is -2.23. The van der Waals surface area contributed by atoms with Gasteiger partial charge < -0.3 is 15.5 Å². The number of rotatable bonds is 5. The largest absolute Gasteiger partial charge is 0.346 e. The molecule has 128 valence electrons. The maximum absolute atomic E-state index is 13.1. The fourth-order valence-electron chi connectivity index (χ4n) is 2.23. The average Bonchev–Trinajstić information content (AvgIpc) is 2.93. The van der Waals surface area contributed by atoms with Crippen LogP contribution in [0.5, 0.6) is 0 Å². The van der Waals surface area contributed by atoms with Crippen LogP contribution in [0.3, 0.4) is 0 Å². The molecule has 8 heteroatoms. The Hall–Kier alpha value is -2.74. The number of nitrogens with one attached hydrogen (secondary N) is 2. The summed E-state index contributed by atoms with van der Waals surface area (Å²) in [5.74, 6) is -2.11. The highest BCUT2D eigenvalue weighted by atomic mass is 19.1. The van der Waals surface area contributed by atoms with Crippen molar-refractivity contribution in [1.29, 1.82) is 0 Å². The zero-order chi connectivity index (χ0) is 17.7. The smallest absolute Gasteiger partial charge is 0.313 e. The molecule has 0 unspecified atom stereocenters. The van der Waals surface area contributed by atoms with Crippen LogP contribution in [0.1, 0.15) is 11.6 Å². The summed E-state index contributed by atoms with van der Waals surface area (Å²) in [7, 11) is 5.55. The maximum Gasteiger partial charge on any atom is 0.313 e. The van der Waals surface area contributed by atoms with Gasteiger partial charge in [-0.3, -0.25) is 14.3 Å². The van der Waals surface area contributed by atoms with Crippen LogP contribution >= 0.6 is 0 Å². The van der Waals surface area contributed by atoms with Crippen molar-refractivity contribution in [1.82, 2.24) is 20.0 Å². The normalized spacial score (nSPS) is 12.0. The highest BCUT2D eigenvalue weighted by molar-refractivity contribution is 6.39. The quantitative estimate of drug-likeness (QED) is 0.798. The van der Waals surface area contributed by atoms with E-state index in [1.807, 2.05) is 25.2 Å². The topological polar surface area (TPSA) is 79.3 Å². The van der Waals surface area contributed by atoms with Crippen LogP contribution in [-0.2, 0) is 16.6 Å². The molecule has 0 aliphatic carbocycles. The third kappa shape index (κ3) is 4.63. The van der Waals surface area contributed by atoms with E-state index in [-0.39, 0.29) is 18.3 Å². The van der Waals surface area contributed by atoms with Gasteiger partial charge in [-0.2, -0.15) is 5.10 Å². The number of hydrogen-bond donors (Lipinski definition) is 2. The van der Waals surface area contributed by atoms with E-state index >= 15 is 0 Å². The highest BCUT2D eigenvalue weighted by Gasteiger charge is 2.20. The molecule has 0 aliphatic rings. The van der Waals surface area contributed by atoms with E-state index in [1.54, 1.807) is 17.9 Å². The lowest BCUT2D eigenvalue weighted by Crippen LogP contribution is -2.40. The Morgan fingerprint density at radius 1 is 1.33 bits per heavy atom. The predicted octanol–water partition coefficient (Wildman–Crippen LogP) is 0.917. The fraction of sp³-hybridized carbons (Fsp3) is 0.312. The van der Waals surface area contributed by atoms with E-state index in [1.165, 1.54) is 18.2 Å². The molecule has 2 amide bonds. The maximum atomic E-state index is 13.1. The Labute approximate surface area is 139 Å². The Balaban J connectivity index is 1.94. The van der Waals surface area contributed by atoms with Gasteiger partial charge in [0.1, 0.15) is 5.82 Å². The summed E-state index contributed by atoms with van der Waals surface area (Å²) in [4.78, 5) is 25.7. The first-order chi connectivity index (χ1) is 11.4. The molecule has 1 aromatic carbocycles. The van der Waals surface area contributed by atoms with Crippen LogP contribution < -0.4 is 10.6 Å². The zero-order valence-corrected chi connectivity index (χ0v) is 13.8. The highest BCUT2D eigenvalue weighted by Crippen LogP contribution is 2.16. The molecule has 2 N–H and O–H groups in total. The van der Waals surface area contributed by atoms with Crippen molar-refractivity contribution in [3.8, 4) is 0 Å². The first kappa shape index (κ1) is 17.6. The van der Waals surface area contributed by atoms with Crippen molar-refractivity contribution in [3.05, 3.63) is 48.0 Å². The number of halogens is 1. The van der Waals surface area contributed by atoms with Crippen LogP contribution in [0, 0.1) is 5.82 Å². The van der Waals surface area contributed by atoms with Crippen molar-refractivity contribution in [3.63, 3.8) is 0 Å². The SMILES string of the molecule is CN(C)[C@@H](CNC(=O)C(=O)Nc1cccc(F)c1)c1cnn(C)c1. The molecule has 0 bridgehead atoms. The molecule has 0 saturated heterocycles. The Kier molecular flexibility index (Phi) is 5.64.